The number of methoxy groups -OCH3 is 1. The highest BCUT2D eigenvalue weighted by atomic mass is 16.5. The molecule has 27 heavy (non-hydrogen) atoms. The Hall–Kier alpha value is -3.41. The van der Waals surface area contributed by atoms with E-state index in [0.29, 0.717) is 11.6 Å². The van der Waals surface area contributed by atoms with Gasteiger partial charge in [-0.1, -0.05) is 37.3 Å². The van der Waals surface area contributed by atoms with Crippen LogP contribution < -0.4 is 15.4 Å². The highest BCUT2D eigenvalue weighted by Gasteiger charge is 2.07. The smallest absolute Gasteiger partial charge is 0.229 e. The Bertz CT molecular complexity index is 893. The standard InChI is InChI=1S/C21H22N4O2/c1-3-16-6-4-5-7-18(16)22-19-12-13-20(25-24-19)23-21(26)14-15-8-10-17(27-2)11-9-15/h4-13H,3,14H2,1-2H3,(H,22,24)(H,23,25,26). The molecule has 1 heterocycles. The van der Waals surface area contributed by atoms with Crippen LogP contribution in [0.1, 0.15) is 18.1 Å². The number of rotatable bonds is 7. The summed E-state index contributed by atoms with van der Waals surface area (Å²) >= 11 is 0. The fourth-order valence-corrected chi connectivity index (χ4v) is 2.67. The normalized spacial score (nSPS) is 10.3. The highest BCUT2D eigenvalue weighted by molar-refractivity contribution is 5.91. The van der Waals surface area contributed by atoms with Gasteiger partial charge in [-0.3, -0.25) is 4.79 Å². The van der Waals surface area contributed by atoms with Crippen LogP contribution >= 0.6 is 0 Å². The first-order chi connectivity index (χ1) is 13.2. The Morgan fingerprint density at radius 1 is 0.963 bits per heavy atom. The summed E-state index contributed by atoms with van der Waals surface area (Å²) in [5.41, 5.74) is 3.11. The van der Waals surface area contributed by atoms with Crippen molar-refractivity contribution in [1.29, 1.82) is 0 Å². The average molecular weight is 362 g/mol. The number of nitrogens with zero attached hydrogens (tertiary/aromatic N) is 2. The maximum absolute atomic E-state index is 12.2. The molecule has 0 radical (unpaired) electrons. The molecule has 0 saturated carbocycles. The average Bonchev–Trinajstić information content (AvgIpc) is 2.70. The highest BCUT2D eigenvalue weighted by Crippen LogP contribution is 2.20. The van der Waals surface area contributed by atoms with Gasteiger partial charge in [-0.05, 0) is 47.9 Å². The lowest BCUT2D eigenvalue weighted by molar-refractivity contribution is -0.115. The van der Waals surface area contributed by atoms with E-state index in [4.69, 9.17) is 4.74 Å². The summed E-state index contributed by atoms with van der Waals surface area (Å²) in [6.45, 7) is 2.10. The lowest BCUT2D eigenvalue weighted by Gasteiger charge is -2.10. The SMILES string of the molecule is CCc1ccccc1Nc1ccc(NC(=O)Cc2ccc(OC)cc2)nn1. The van der Waals surface area contributed by atoms with E-state index in [1.807, 2.05) is 42.5 Å². The molecule has 1 aromatic heterocycles. The first kappa shape index (κ1) is 18.4. The number of ether oxygens (including phenoxy) is 1. The van der Waals surface area contributed by atoms with E-state index < -0.39 is 0 Å². The van der Waals surface area contributed by atoms with Gasteiger partial charge >= 0.3 is 0 Å². The number of amides is 1. The van der Waals surface area contributed by atoms with Gasteiger partial charge in [-0.25, -0.2) is 0 Å². The van der Waals surface area contributed by atoms with Crippen LogP contribution in [0.3, 0.4) is 0 Å². The Morgan fingerprint density at radius 2 is 1.67 bits per heavy atom. The third-order valence-electron chi connectivity index (χ3n) is 4.12. The number of carbonyl (C=O) groups excluding carboxylic acids is 1. The van der Waals surface area contributed by atoms with Gasteiger partial charge in [-0.15, -0.1) is 10.2 Å². The molecule has 0 saturated heterocycles. The Labute approximate surface area is 158 Å². The summed E-state index contributed by atoms with van der Waals surface area (Å²) in [6.07, 6.45) is 1.19. The van der Waals surface area contributed by atoms with E-state index in [1.54, 1.807) is 19.2 Å². The summed E-state index contributed by atoms with van der Waals surface area (Å²) in [7, 11) is 1.61. The van der Waals surface area contributed by atoms with Crippen molar-refractivity contribution in [1.82, 2.24) is 10.2 Å². The zero-order valence-electron chi connectivity index (χ0n) is 15.4. The van der Waals surface area contributed by atoms with Crippen molar-refractivity contribution in [2.75, 3.05) is 17.7 Å². The molecule has 0 bridgehead atoms. The van der Waals surface area contributed by atoms with Crippen LogP contribution in [-0.4, -0.2) is 23.2 Å². The molecule has 2 aromatic carbocycles. The molecular formula is C21H22N4O2. The van der Waals surface area contributed by atoms with Crippen LogP contribution in [-0.2, 0) is 17.6 Å². The summed E-state index contributed by atoms with van der Waals surface area (Å²) in [4.78, 5) is 12.2. The zero-order chi connectivity index (χ0) is 19.1. The van der Waals surface area contributed by atoms with E-state index in [2.05, 4.69) is 33.8 Å². The molecule has 0 fully saturated rings. The molecule has 0 spiro atoms. The fourth-order valence-electron chi connectivity index (χ4n) is 2.67. The lowest BCUT2D eigenvalue weighted by Crippen LogP contribution is -2.15. The number of hydrogen-bond acceptors (Lipinski definition) is 5. The molecule has 0 aliphatic rings. The topological polar surface area (TPSA) is 76.1 Å². The number of para-hydroxylation sites is 1. The second-order valence-electron chi connectivity index (χ2n) is 6.01. The van der Waals surface area contributed by atoms with Crippen molar-refractivity contribution >= 4 is 23.2 Å². The van der Waals surface area contributed by atoms with Crippen LogP contribution in [0.25, 0.3) is 0 Å². The van der Waals surface area contributed by atoms with Crippen molar-refractivity contribution in [3.63, 3.8) is 0 Å². The number of aryl methyl sites for hydroxylation is 1. The molecule has 0 atom stereocenters. The molecule has 138 valence electrons. The predicted octanol–water partition coefficient (Wildman–Crippen LogP) is 3.97. The van der Waals surface area contributed by atoms with Gasteiger partial charge in [0.25, 0.3) is 0 Å². The molecule has 3 rings (SSSR count). The Kier molecular flexibility index (Phi) is 5.99. The monoisotopic (exact) mass is 362 g/mol. The molecule has 0 aliphatic carbocycles. The van der Waals surface area contributed by atoms with Crippen LogP contribution in [0, 0.1) is 0 Å². The third kappa shape index (κ3) is 5.04. The number of carbonyl (C=O) groups is 1. The van der Waals surface area contributed by atoms with Crippen LogP contribution in [0.15, 0.2) is 60.7 Å². The summed E-state index contributed by atoms with van der Waals surface area (Å²) in [5.74, 6) is 1.66. The minimum Gasteiger partial charge on any atom is -0.497 e. The number of hydrogen-bond donors (Lipinski definition) is 2. The van der Waals surface area contributed by atoms with Crippen LogP contribution in [0.4, 0.5) is 17.3 Å². The van der Waals surface area contributed by atoms with Crippen molar-refractivity contribution in [3.8, 4) is 5.75 Å². The quantitative estimate of drug-likeness (QED) is 0.665. The molecule has 1 amide bonds. The first-order valence-electron chi connectivity index (χ1n) is 8.79. The molecule has 6 heteroatoms. The predicted molar refractivity (Wildman–Crippen MR) is 106 cm³/mol. The second kappa shape index (κ2) is 8.80. The molecular weight excluding hydrogens is 340 g/mol. The fraction of sp³-hybridized carbons (Fsp3) is 0.190. The Balaban J connectivity index is 1.59. The maximum atomic E-state index is 12.2. The zero-order valence-corrected chi connectivity index (χ0v) is 15.4. The Morgan fingerprint density at radius 3 is 2.33 bits per heavy atom. The van der Waals surface area contributed by atoms with E-state index >= 15 is 0 Å². The largest absolute Gasteiger partial charge is 0.497 e. The first-order valence-corrected chi connectivity index (χ1v) is 8.79. The number of nitrogens with one attached hydrogen (secondary N) is 2. The van der Waals surface area contributed by atoms with Crippen molar-refractivity contribution in [2.24, 2.45) is 0 Å². The van der Waals surface area contributed by atoms with E-state index in [9.17, 15) is 4.79 Å². The van der Waals surface area contributed by atoms with Gasteiger partial charge in [0.2, 0.25) is 5.91 Å². The number of aromatic nitrogens is 2. The minimum absolute atomic E-state index is 0.147. The third-order valence-corrected chi connectivity index (χ3v) is 4.12. The van der Waals surface area contributed by atoms with E-state index in [1.165, 1.54) is 5.56 Å². The molecule has 3 aromatic rings. The minimum atomic E-state index is -0.147. The summed E-state index contributed by atoms with van der Waals surface area (Å²) in [6, 6.07) is 19.0. The molecule has 6 nitrogen and oxygen atoms in total. The van der Waals surface area contributed by atoms with Crippen molar-refractivity contribution in [3.05, 3.63) is 71.8 Å². The molecule has 0 aliphatic heterocycles. The van der Waals surface area contributed by atoms with Gasteiger partial charge in [0, 0.05) is 5.69 Å². The van der Waals surface area contributed by atoms with E-state index in [-0.39, 0.29) is 12.3 Å². The van der Waals surface area contributed by atoms with Gasteiger partial charge in [0.05, 0.1) is 13.5 Å². The summed E-state index contributed by atoms with van der Waals surface area (Å²) in [5, 5.41) is 14.2. The molecule has 2 N–H and O–H groups in total. The summed E-state index contributed by atoms with van der Waals surface area (Å²) < 4.78 is 5.11. The number of benzene rings is 2. The lowest BCUT2D eigenvalue weighted by atomic mass is 10.1. The van der Waals surface area contributed by atoms with Crippen LogP contribution in [0.5, 0.6) is 5.75 Å². The van der Waals surface area contributed by atoms with Gasteiger partial charge in [0.15, 0.2) is 11.6 Å². The van der Waals surface area contributed by atoms with Gasteiger partial charge in [-0.2, -0.15) is 0 Å². The second-order valence-corrected chi connectivity index (χ2v) is 6.01. The van der Waals surface area contributed by atoms with Crippen LogP contribution in [0.2, 0.25) is 0 Å². The molecule has 0 unspecified atom stereocenters. The van der Waals surface area contributed by atoms with Gasteiger partial charge < -0.3 is 15.4 Å². The maximum Gasteiger partial charge on any atom is 0.229 e. The van der Waals surface area contributed by atoms with Crippen molar-refractivity contribution in [2.45, 2.75) is 19.8 Å². The van der Waals surface area contributed by atoms with Gasteiger partial charge in [0.1, 0.15) is 5.75 Å². The van der Waals surface area contributed by atoms with Crippen molar-refractivity contribution < 1.29 is 9.53 Å². The van der Waals surface area contributed by atoms with E-state index in [0.717, 1.165) is 23.4 Å². The number of anilines is 3.